The molecule has 1 N–H and O–H groups in total. The molecule has 0 unspecified atom stereocenters. The molecule has 0 amide bonds. The lowest BCUT2D eigenvalue weighted by molar-refractivity contribution is 0.376. The van der Waals surface area contributed by atoms with Crippen molar-refractivity contribution in [3.63, 3.8) is 0 Å². The molecule has 0 aliphatic heterocycles. The van der Waals surface area contributed by atoms with Crippen molar-refractivity contribution in [2.45, 2.75) is 0 Å². The van der Waals surface area contributed by atoms with Crippen molar-refractivity contribution >= 4 is 10.8 Å². The van der Waals surface area contributed by atoms with Gasteiger partial charge in [0.15, 0.2) is 11.5 Å². The number of aromatic nitrogens is 2. The number of nitrogens with zero attached hydrogens (tertiary/aromatic N) is 2. The zero-order valence-corrected chi connectivity index (χ0v) is 7.06. The van der Waals surface area contributed by atoms with Crippen molar-refractivity contribution in [2.24, 2.45) is 0 Å². The SMILES string of the molecule is COc1ccc2cnncc2c1O. The Hall–Kier alpha value is -1.84. The highest BCUT2D eigenvalue weighted by Crippen LogP contribution is 2.32. The Kier molecular flexibility index (Phi) is 1.73. The molecule has 0 radical (unpaired) electrons. The molecule has 2 rings (SSSR count). The van der Waals surface area contributed by atoms with E-state index in [2.05, 4.69) is 10.2 Å². The smallest absolute Gasteiger partial charge is 0.167 e. The Morgan fingerprint density at radius 2 is 2.00 bits per heavy atom. The standard InChI is InChI=1S/C9H8N2O2/c1-13-8-3-2-6-4-10-11-5-7(6)9(8)12/h2-5,12H,1H3. The summed E-state index contributed by atoms with van der Waals surface area (Å²) in [4.78, 5) is 0. The number of fused-ring (bicyclic) bond motifs is 1. The fourth-order valence-corrected chi connectivity index (χ4v) is 1.20. The molecule has 1 heterocycles. The van der Waals surface area contributed by atoms with E-state index >= 15 is 0 Å². The number of phenols is 1. The van der Waals surface area contributed by atoms with E-state index in [1.165, 1.54) is 13.3 Å². The lowest BCUT2D eigenvalue weighted by atomic mass is 10.2. The summed E-state index contributed by atoms with van der Waals surface area (Å²) in [5, 5.41) is 18.5. The molecule has 4 heteroatoms. The minimum Gasteiger partial charge on any atom is -0.504 e. The van der Waals surface area contributed by atoms with E-state index < -0.39 is 0 Å². The Labute approximate surface area is 74.8 Å². The van der Waals surface area contributed by atoms with Gasteiger partial charge in [-0.25, -0.2) is 0 Å². The number of phenolic OH excluding ortho intramolecular Hbond substituents is 1. The molecule has 66 valence electrons. The molecule has 0 fully saturated rings. The normalized spacial score (nSPS) is 10.2. The lowest BCUT2D eigenvalue weighted by Crippen LogP contribution is -1.86. The van der Waals surface area contributed by atoms with E-state index in [0.717, 1.165) is 5.39 Å². The average molecular weight is 176 g/mol. The van der Waals surface area contributed by atoms with Gasteiger partial charge in [-0.15, -0.1) is 0 Å². The minimum atomic E-state index is 0.106. The topological polar surface area (TPSA) is 55.2 Å². The Morgan fingerprint density at radius 3 is 2.77 bits per heavy atom. The summed E-state index contributed by atoms with van der Waals surface area (Å²) in [6.07, 6.45) is 3.10. The van der Waals surface area contributed by atoms with Crippen LogP contribution in [-0.2, 0) is 0 Å². The molecule has 2 aromatic rings. The molecule has 0 saturated carbocycles. The van der Waals surface area contributed by atoms with E-state index in [0.29, 0.717) is 11.1 Å². The highest BCUT2D eigenvalue weighted by Gasteiger charge is 2.05. The third-order valence-corrected chi connectivity index (χ3v) is 1.88. The molecular weight excluding hydrogens is 168 g/mol. The summed E-state index contributed by atoms with van der Waals surface area (Å²) in [5.74, 6) is 0.551. The van der Waals surface area contributed by atoms with Gasteiger partial charge in [-0.2, -0.15) is 10.2 Å². The maximum Gasteiger partial charge on any atom is 0.167 e. The third-order valence-electron chi connectivity index (χ3n) is 1.88. The molecule has 0 atom stereocenters. The van der Waals surface area contributed by atoms with Gasteiger partial charge in [0, 0.05) is 10.8 Å². The highest BCUT2D eigenvalue weighted by molar-refractivity contribution is 5.88. The third kappa shape index (κ3) is 1.16. The van der Waals surface area contributed by atoms with E-state index in [1.54, 1.807) is 12.3 Å². The van der Waals surface area contributed by atoms with Crippen LogP contribution < -0.4 is 4.74 Å². The van der Waals surface area contributed by atoms with E-state index in [-0.39, 0.29) is 5.75 Å². The van der Waals surface area contributed by atoms with Gasteiger partial charge in [0.1, 0.15) is 0 Å². The quantitative estimate of drug-likeness (QED) is 0.712. The van der Waals surface area contributed by atoms with Crippen LogP contribution in [0.2, 0.25) is 0 Å². The van der Waals surface area contributed by atoms with E-state index in [1.807, 2.05) is 6.07 Å². The second-order valence-electron chi connectivity index (χ2n) is 2.61. The van der Waals surface area contributed by atoms with Gasteiger partial charge in [-0.1, -0.05) is 0 Å². The van der Waals surface area contributed by atoms with Gasteiger partial charge in [0.2, 0.25) is 0 Å². The number of benzene rings is 1. The molecule has 13 heavy (non-hydrogen) atoms. The van der Waals surface area contributed by atoms with Crippen LogP contribution >= 0.6 is 0 Å². The van der Waals surface area contributed by atoms with Gasteiger partial charge in [-0.3, -0.25) is 0 Å². The number of hydrogen-bond acceptors (Lipinski definition) is 4. The average Bonchev–Trinajstić information content (AvgIpc) is 2.19. The first kappa shape index (κ1) is 7.79. The maximum absolute atomic E-state index is 9.66. The minimum absolute atomic E-state index is 0.106. The largest absolute Gasteiger partial charge is 0.504 e. The summed E-state index contributed by atoms with van der Waals surface area (Å²) >= 11 is 0. The van der Waals surface area contributed by atoms with Crippen molar-refractivity contribution in [3.8, 4) is 11.5 Å². The molecule has 0 aliphatic rings. The maximum atomic E-state index is 9.66. The molecule has 4 nitrogen and oxygen atoms in total. The van der Waals surface area contributed by atoms with Gasteiger partial charge in [-0.05, 0) is 12.1 Å². The van der Waals surface area contributed by atoms with E-state index in [9.17, 15) is 5.11 Å². The Balaban J connectivity index is 2.79. The zero-order chi connectivity index (χ0) is 9.26. The monoisotopic (exact) mass is 176 g/mol. The second-order valence-corrected chi connectivity index (χ2v) is 2.61. The molecule has 0 aliphatic carbocycles. The number of hydrogen-bond donors (Lipinski definition) is 1. The van der Waals surface area contributed by atoms with Crippen LogP contribution in [0.1, 0.15) is 0 Å². The first-order valence-electron chi connectivity index (χ1n) is 3.79. The lowest BCUT2D eigenvalue weighted by Gasteiger charge is -2.04. The predicted molar refractivity (Wildman–Crippen MR) is 47.8 cm³/mol. The van der Waals surface area contributed by atoms with Gasteiger partial charge >= 0.3 is 0 Å². The zero-order valence-electron chi connectivity index (χ0n) is 7.06. The molecule has 1 aromatic carbocycles. The van der Waals surface area contributed by atoms with Crippen LogP contribution in [0.15, 0.2) is 24.5 Å². The molecule has 1 aromatic heterocycles. The van der Waals surface area contributed by atoms with Gasteiger partial charge in [0.05, 0.1) is 19.5 Å². The van der Waals surface area contributed by atoms with Crippen LogP contribution in [0.5, 0.6) is 11.5 Å². The molecular formula is C9H8N2O2. The summed E-state index contributed by atoms with van der Waals surface area (Å²) in [5.41, 5.74) is 0. The predicted octanol–water partition coefficient (Wildman–Crippen LogP) is 1.34. The fourth-order valence-electron chi connectivity index (χ4n) is 1.20. The van der Waals surface area contributed by atoms with Crippen molar-refractivity contribution in [1.29, 1.82) is 0 Å². The Bertz CT molecular complexity index is 443. The number of methoxy groups -OCH3 is 1. The first-order chi connectivity index (χ1) is 6.33. The van der Waals surface area contributed by atoms with Crippen LogP contribution in [0.4, 0.5) is 0 Å². The number of aromatic hydroxyl groups is 1. The van der Waals surface area contributed by atoms with Crippen LogP contribution in [0, 0.1) is 0 Å². The highest BCUT2D eigenvalue weighted by atomic mass is 16.5. The number of ether oxygens (including phenoxy) is 1. The van der Waals surface area contributed by atoms with Crippen molar-refractivity contribution in [3.05, 3.63) is 24.5 Å². The van der Waals surface area contributed by atoms with Crippen molar-refractivity contribution in [1.82, 2.24) is 10.2 Å². The second kappa shape index (κ2) is 2.90. The molecule has 0 spiro atoms. The summed E-state index contributed by atoms with van der Waals surface area (Å²) in [6.45, 7) is 0. The molecule has 0 bridgehead atoms. The van der Waals surface area contributed by atoms with Crippen molar-refractivity contribution in [2.75, 3.05) is 7.11 Å². The van der Waals surface area contributed by atoms with Crippen LogP contribution in [0.3, 0.4) is 0 Å². The van der Waals surface area contributed by atoms with Gasteiger partial charge in [0.25, 0.3) is 0 Å². The fraction of sp³-hybridized carbons (Fsp3) is 0.111. The number of rotatable bonds is 1. The summed E-state index contributed by atoms with van der Waals surface area (Å²) in [7, 11) is 1.51. The van der Waals surface area contributed by atoms with Gasteiger partial charge < -0.3 is 9.84 Å². The summed E-state index contributed by atoms with van der Waals surface area (Å²) < 4.78 is 4.95. The van der Waals surface area contributed by atoms with Crippen molar-refractivity contribution < 1.29 is 9.84 Å². The van der Waals surface area contributed by atoms with E-state index in [4.69, 9.17) is 4.74 Å². The first-order valence-corrected chi connectivity index (χ1v) is 3.79. The van der Waals surface area contributed by atoms with Crippen LogP contribution in [-0.4, -0.2) is 22.4 Å². The van der Waals surface area contributed by atoms with Crippen LogP contribution in [0.25, 0.3) is 10.8 Å². The Morgan fingerprint density at radius 1 is 1.23 bits per heavy atom. The molecule has 0 saturated heterocycles. The summed E-state index contributed by atoms with van der Waals surface area (Å²) in [6, 6.07) is 3.52.